The predicted molar refractivity (Wildman–Crippen MR) is 84.0 cm³/mol. The minimum Gasteiger partial charge on any atom is -0.447 e. The highest BCUT2D eigenvalue weighted by molar-refractivity contribution is 5.64. The first-order valence-corrected chi connectivity index (χ1v) is 7.07. The molecular formula is C18H18N2O2. The number of hydrogen-bond acceptors (Lipinski definition) is 3. The van der Waals surface area contributed by atoms with Gasteiger partial charge in [0.1, 0.15) is 11.5 Å². The van der Waals surface area contributed by atoms with Gasteiger partial charge in [-0.15, -0.1) is 0 Å². The van der Waals surface area contributed by atoms with E-state index in [0.717, 1.165) is 11.1 Å². The van der Waals surface area contributed by atoms with Crippen LogP contribution in [0.1, 0.15) is 24.5 Å². The Morgan fingerprint density at radius 1 is 1.14 bits per heavy atom. The van der Waals surface area contributed by atoms with Crippen molar-refractivity contribution >= 4 is 6.09 Å². The molecule has 0 spiro atoms. The summed E-state index contributed by atoms with van der Waals surface area (Å²) in [6, 6.07) is 21.4. The zero-order valence-electron chi connectivity index (χ0n) is 12.4. The lowest BCUT2D eigenvalue weighted by atomic mass is 9.72. The van der Waals surface area contributed by atoms with Crippen LogP contribution in [0.25, 0.3) is 0 Å². The SMILES string of the molecule is CC(CC(C#N)(c1ccccc1)c1ccccc1)OC(N)=O. The number of rotatable bonds is 5. The molecule has 0 aliphatic rings. The van der Waals surface area contributed by atoms with E-state index in [0.29, 0.717) is 6.42 Å². The van der Waals surface area contributed by atoms with Gasteiger partial charge in [-0.05, 0) is 18.1 Å². The average Bonchev–Trinajstić information content (AvgIpc) is 2.53. The minimum atomic E-state index is -0.891. The van der Waals surface area contributed by atoms with E-state index in [2.05, 4.69) is 6.07 Å². The maximum atomic E-state index is 11.0. The molecule has 0 saturated heterocycles. The molecule has 0 saturated carbocycles. The molecule has 22 heavy (non-hydrogen) atoms. The maximum absolute atomic E-state index is 11.0. The lowest BCUT2D eigenvalue weighted by Crippen LogP contribution is -2.33. The van der Waals surface area contributed by atoms with Crippen molar-refractivity contribution in [3.63, 3.8) is 0 Å². The molecule has 2 aromatic carbocycles. The first kappa shape index (κ1) is 15.6. The van der Waals surface area contributed by atoms with Gasteiger partial charge < -0.3 is 10.5 Å². The van der Waals surface area contributed by atoms with Crippen molar-refractivity contribution in [3.05, 3.63) is 71.8 Å². The summed E-state index contributed by atoms with van der Waals surface area (Å²) < 4.78 is 5.04. The Morgan fingerprint density at radius 3 is 1.95 bits per heavy atom. The standard InChI is InChI=1S/C18H18N2O2/c1-14(22-17(20)21)12-18(13-19,15-8-4-2-5-9-15)16-10-6-3-7-11-16/h2-11,14H,12H2,1H3,(H2,20,21). The van der Waals surface area contributed by atoms with Gasteiger partial charge in [0.25, 0.3) is 0 Å². The van der Waals surface area contributed by atoms with Crippen LogP contribution in [0, 0.1) is 11.3 Å². The molecule has 2 rings (SSSR count). The zero-order valence-corrected chi connectivity index (χ0v) is 12.4. The topological polar surface area (TPSA) is 76.1 Å². The van der Waals surface area contributed by atoms with Gasteiger partial charge in [-0.3, -0.25) is 0 Å². The Balaban J connectivity index is 2.49. The Kier molecular flexibility index (Phi) is 4.80. The fourth-order valence-corrected chi connectivity index (χ4v) is 2.69. The van der Waals surface area contributed by atoms with Crippen LogP contribution < -0.4 is 5.73 Å². The second kappa shape index (κ2) is 6.77. The van der Waals surface area contributed by atoms with Crippen LogP contribution in [0.3, 0.4) is 0 Å². The summed E-state index contributed by atoms with van der Waals surface area (Å²) in [6.45, 7) is 1.74. The highest BCUT2D eigenvalue weighted by atomic mass is 16.6. The van der Waals surface area contributed by atoms with Crippen LogP contribution in [0.15, 0.2) is 60.7 Å². The van der Waals surface area contributed by atoms with Crippen molar-refractivity contribution in [2.45, 2.75) is 24.9 Å². The molecule has 0 fully saturated rings. The van der Waals surface area contributed by atoms with Crippen LogP contribution in [-0.4, -0.2) is 12.2 Å². The average molecular weight is 294 g/mol. The fraction of sp³-hybridized carbons (Fsp3) is 0.222. The monoisotopic (exact) mass is 294 g/mol. The van der Waals surface area contributed by atoms with Crippen molar-refractivity contribution in [2.75, 3.05) is 0 Å². The van der Waals surface area contributed by atoms with Gasteiger partial charge >= 0.3 is 6.09 Å². The molecule has 0 aromatic heterocycles. The van der Waals surface area contributed by atoms with E-state index >= 15 is 0 Å². The predicted octanol–water partition coefficient (Wildman–Crippen LogP) is 3.37. The van der Waals surface area contributed by atoms with E-state index in [4.69, 9.17) is 10.5 Å². The number of nitrogens with two attached hydrogens (primary N) is 1. The number of amides is 1. The highest BCUT2D eigenvalue weighted by Gasteiger charge is 2.36. The lowest BCUT2D eigenvalue weighted by molar-refractivity contribution is 0.104. The second-order valence-electron chi connectivity index (χ2n) is 5.20. The van der Waals surface area contributed by atoms with E-state index in [-0.39, 0.29) is 0 Å². The fourth-order valence-electron chi connectivity index (χ4n) is 2.69. The molecule has 0 radical (unpaired) electrons. The van der Waals surface area contributed by atoms with E-state index in [9.17, 15) is 10.1 Å². The Bertz CT molecular complexity index is 623. The number of carbonyl (C=O) groups excluding carboxylic acids is 1. The summed E-state index contributed by atoms with van der Waals surface area (Å²) >= 11 is 0. The number of benzene rings is 2. The van der Waals surface area contributed by atoms with Gasteiger partial charge in [0.05, 0.1) is 6.07 Å². The highest BCUT2D eigenvalue weighted by Crippen LogP contribution is 2.36. The molecule has 2 N–H and O–H groups in total. The molecule has 2 aromatic rings. The summed E-state index contributed by atoms with van der Waals surface area (Å²) in [4.78, 5) is 11.0. The van der Waals surface area contributed by atoms with Crippen LogP contribution in [0.2, 0.25) is 0 Å². The van der Waals surface area contributed by atoms with Crippen molar-refractivity contribution in [2.24, 2.45) is 5.73 Å². The molecule has 1 amide bonds. The third-order valence-corrected chi connectivity index (χ3v) is 3.64. The Morgan fingerprint density at radius 2 is 1.59 bits per heavy atom. The molecule has 112 valence electrons. The number of carbonyl (C=O) groups is 1. The van der Waals surface area contributed by atoms with E-state index in [1.165, 1.54) is 0 Å². The number of nitriles is 1. The number of nitrogens with zero attached hydrogens (tertiary/aromatic N) is 1. The van der Waals surface area contributed by atoms with Gasteiger partial charge in [0.15, 0.2) is 0 Å². The van der Waals surface area contributed by atoms with Crippen molar-refractivity contribution in [3.8, 4) is 6.07 Å². The van der Waals surface area contributed by atoms with Gasteiger partial charge in [-0.2, -0.15) is 5.26 Å². The molecule has 0 aliphatic carbocycles. The second-order valence-corrected chi connectivity index (χ2v) is 5.20. The van der Waals surface area contributed by atoms with Gasteiger partial charge in [-0.25, -0.2) is 4.79 Å². The van der Waals surface area contributed by atoms with Crippen molar-refractivity contribution in [1.29, 1.82) is 5.26 Å². The first-order chi connectivity index (χ1) is 10.6. The molecule has 0 aliphatic heterocycles. The van der Waals surface area contributed by atoms with Crippen molar-refractivity contribution < 1.29 is 9.53 Å². The van der Waals surface area contributed by atoms with Gasteiger partial charge in [-0.1, -0.05) is 60.7 Å². The normalized spacial score (nSPS) is 12.2. The molecule has 0 heterocycles. The number of primary amides is 1. The van der Waals surface area contributed by atoms with E-state index in [1.807, 2.05) is 60.7 Å². The summed E-state index contributed by atoms with van der Waals surface area (Å²) in [5.41, 5.74) is 5.92. The molecule has 4 nitrogen and oxygen atoms in total. The Hall–Kier alpha value is -2.80. The van der Waals surface area contributed by atoms with E-state index < -0.39 is 17.6 Å². The summed E-state index contributed by atoms with van der Waals surface area (Å²) in [7, 11) is 0. The first-order valence-electron chi connectivity index (χ1n) is 7.07. The quantitative estimate of drug-likeness (QED) is 0.918. The van der Waals surface area contributed by atoms with Crippen LogP contribution in [-0.2, 0) is 10.2 Å². The van der Waals surface area contributed by atoms with Crippen molar-refractivity contribution in [1.82, 2.24) is 0 Å². The number of ether oxygens (including phenoxy) is 1. The van der Waals surface area contributed by atoms with Crippen LogP contribution in [0.5, 0.6) is 0 Å². The van der Waals surface area contributed by atoms with E-state index in [1.54, 1.807) is 6.92 Å². The van der Waals surface area contributed by atoms with Crippen LogP contribution in [0.4, 0.5) is 4.79 Å². The smallest absolute Gasteiger partial charge is 0.404 e. The molecule has 0 bridgehead atoms. The molecule has 1 atom stereocenters. The molecule has 1 unspecified atom stereocenters. The van der Waals surface area contributed by atoms with Gasteiger partial charge in [0.2, 0.25) is 0 Å². The third-order valence-electron chi connectivity index (χ3n) is 3.64. The molecule has 4 heteroatoms. The number of hydrogen-bond donors (Lipinski definition) is 1. The maximum Gasteiger partial charge on any atom is 0.404 e. The van der Waals surface area contributed by atoms with Crippen LogP contribution >= 0.6 is 0 Å². The summed E-state index contributed by atoms with van der Waals surface area (Å²) in [5, 5.41) is 9.94. The third kappa shape index (κ3) is 3.26. The van der Waals surface area contributed by atoms with Gasteiger partial charge in [0, 0.05) is 6.42 Å². The summed E-state index contributed by atoms with van der Waals surface area (Å²) in [5.74, 6) is 0. The Labute approximate surface area is 130 Å². The molecular weight excluding hydrogens is 276 g/mol. The zero-order chi connectivity index (χ0) is 16.0. The minimum absolute atomic E-state index is 0.334. The summed E-state index contributed by atoms with van der Waals surface area (Å²) in [6.07, 6.45) is -0.974. The lowest BCUT2D eigenvalue weighted by Gasteiger charge is -2.30. The largest absolute Gasteiger partial charge is 0.447 e.